The Morgan fingerprint density at radius 2 is 1.73 bits per heavy atom. The van der Waals surface area contributed by atoms with Gasteiger partial charge in [0.1, 0.15) is 56.9 Å². The number of hydrogen-bond donors (Lipinski definition) is 3. The highest BCUT2D eigenvalue weighted by atomic mass is 16.5. The van der Waals surface area contributed by atoms with Gasteiger partial charge in [-0.15, -0.1) is 0 Å². The number of aromatic amines is 1. The molecular formula is C23H30N4O3+2. The minimum Gasteiger partial charge on any atom is -0.497 e. The standard InChI is InChI=1S/C23H28N4O3/c1-17(22-24-21-6-4-3-5-20(21)23(28)25-22)27-13-11-26(12-14-27)15-16-30-19-9-7-18(29-2)8-10-19/h3-10,17H,11-16H2,1-2H3,(H,24,25,28)/p+2/t17-/m1/s1. The fourth-order valence-corrected chi connectivity index (χ4v) is 4.10. The molecule has 0 bridgehead atoms. The summed E-state index contributed by atoms with van der Waals surface area (Å²) in [6.45, 7) is 8.11. The molecule has 2 heterocycles. The highest BCUT2D eigenvalue weighted by molar-refractivity contribution is 5.77. The molecule has 158 valence electrons. The van der Waals surface area contributed by atoms with E-state index in [1.807, 2.05) is 48.5 Å². The molecule has 0 amide bonds. The van der Waals surface area contributed by atoms with Gasteiger partial charge in [-0.05, 0) is 43.3 Å². The normalized spacial score (nSPS) is 20.1. The van der Waals surface area contributed by atoms with E-state index in [4.69, 9.17) is 14.5 Å². The topological polar surface area (TPSA) is 73.1 Å². The van der Waals surface area contributed by atoms with Gasteiger partial charge in [-0.3, -0.25) is 4.79 Å². The lowest BCUT2D eigenvalue weighted by atomic mass is 10.2. The molecule has 1 atom stereocenters. The summed E-state index contributed by atoms with van der Waals surface area (Å²) in [6.07, 6.45) is 0. The van der Waals surface area contributed by atoms with Crippen LogP contribution in [0.2, 0.25) is 0 Å². The number of nitrogens with zero attached hydrogens (tertiary/aromatic N) is 1. The number of piperazine rings is 1. The third-order valence-corrected chi connectivity index (χ3v) is 6.04. The summed E-state index contributed by atoms with van der Waals surface area (Å²) in [4.78, 5) is 23.1. The van der Waals surface area contributed by atoms with E-state index in [1.165, 1.54) is 4.90 Å². The lowest BCUT2D eigenvalue weighted by Gasteiger charge is -2.32. The van der Waals surface area contributed by atoms with Crippen LogP contribution in [0, 0.1) is 0 Å². The monoisotopic (exact) mass is 410 g/mol. The van der Waals surface area contributed by atoms with Crippen LogP contribution in [0.5, 0.6) is 11.5 Å². The van der Waals surface area contributed by atoms with Crippen LogP contribution >= 0.6 is 0 Å². The van der Waals surface area contributed by atoms with E-state index in [0.29, 0.717) is 12.0 Å². The van der Waals surface area contributed by atoms with E-state index in [0.717, 1.165) is 55.6 Å². The molecule has 0 unspecified atom stereocenters. The first kappa shape index (κ1) is 20.4. The Morgan fingerprint density at radius 3 is 2.47 bits per heavy atom. The highest BCUT2D eigenvalue weighted by Gasteiger charge is 2.29. The van der Waals surface area contributed by atoms with Crippen molar-refractivity contribution in [2.45, 2.75) is 13.0 Å². The minimum absolute atomic E-state index is 0.0539. The second kappa shape index (κ2) is 9.28. The van der Waals surface area contributed by atoms with Crippen molar-refractivity contribution in [1.29, 1.82) is 0 Å². The maximum atomic E-state index is 12.4. The van der Waals surface area contributed by atoms with Gasteiger partial charge in [-0.2, -0.15) is 0 Å². The summed E-state index contributed by atoms with van der Waals surface area (Å²) < 4.78 is 11.0. The average molecular weight is 411 g/mol. The van der Waals surface area contributed by atoms with Gasteiger partial charge < -0.3 is 24.3 Å². The van der Waals surface area contributed by atoms with Crippen LogP contribution < -0.4 is 24.8 Å². The zero-order chi connectivity index (χ0) is 20.9. The number of benzene rings is 2. The van der Waals surface area contributed by atoms with Crippen molar-refractivity contribution in [3.63, 3.8) is 0 Å². The van der Waals surface area contributed by atoms with Crippen LogP contribution in [0.4, 0.5) is 0 Å². The second-order valence-electron chi connectivity index (χ2n) is 7.87. The lowest BCUT2D eigenvalue weighted by molar-refractivity contribution is -1.03. The van der Waals surface area contributed by atoms with Crippen LogP contribution in [0.15, 0.2) is 53.3 Å². The molecule has 30 heavy (non-hydrogen) atoms. The minimum atomic E-state index is -0.0539. The molecule has 0 radical (unpaired) electrons. The third kappa shape index (κ3) is 4.63. The van der Waals surface area contributed by atoms with E-state index in [-0.39, 0.29) is 11.6 Å². The number of fused-ring (bicyclic) bond motifs is 1. The van der Waals surface area contributed by atoms with Crippen LogP contribution in [-0.2, 0) is 0 Å². The molecule has 1 aromatic heterocycles. The molecular weight excluding hydrogens is 380 g/mol. The Balaban J connectivity index is 1.28. The van der Waals surface area contributed by atoms with E-state index < -0.39 is 0 Å². The Hall–Kier alpha value is -2.90. The Morgan fingerprint density at radius 1 is 1.03 bits per heavy atom. The summed E-state index contributed by atoms with van der Waals surface area (Å²) in [5.41, 5.74) is 0.712. The first-order valence-corrected chi connectivity index (χ1v) is 10.6. The number of methoxy groups -OCH3 is 1. The molecule has 0 saturated carbocycles. The van der Waals surface area contributed by atoms with Crippen molar-refractivity contribution in [3.05, 3.63) is 64.7 Å². The summed E-state index contributed by atoms with van der Waals surface area (Å²) in [7, 11) is 1.66. The van der Waals surface area contributed by atoms with E-state index in [1.54, 1.807) is 12.0 Å². The van der Waals surface area contributed by atoms with Crippen molar-refractivity contribution in [2.75, 3.05) is 46.4 Å². The molecule has 1 fully saturated rings. The second-order valence-corrected chi connectivity index (χ2v) is 7.87. The molecule has 2 aromatic carbocycles. The summed E-state index contributed by atoms with van der Waals surface area (Å²) in [6, 6.07) is 15.4. The molecule has 0 aliphatic carbocycles. The van der Waals surface area contributed by atoms with Gasteiger partial charge >= 0.3 is 0 Å². The van der Waals surface area contributed by atoms with Gasteiger partial charge in [0.25, 0.3) is 5.56 Å². The number of nitrogens with one attached hydrogen (secondary N) is 3. The molecule has 1 saturated heterocycles. The predicted molar refractivity (Wildman–Crippen MR) is 116 cm³/mol. The number of hydrogen-bond acceptors (Lipinski definition) is 4. The fourth-order valence-electron chi connectivity index (χ4n) is 4.10. The van der Waals surface area contributed by atoms with Crippen molar-refractivity contribution < 1.29 is 19.3 Å². The molecule has 3 aromatic rings. The SMILES string of the molecule is COc1ccc(OCC[NH+]2CC[NH+]([C@H](C)c3nc4ccccc4c(=O)[nH]3)CC2)cc1. The Kier molecular flexibility index (Phi) is 6.30. The molecule has 0 spiro atoms. The zero-order valence-corrected chi connectivity index (χ0v) is 17.6. The first-order valence-electron chi connectivity index (χ1n) is 10.6. The average Bonchev–Trinajstić information content (AvgIpc) is 2.79. The van der Waals surface area contributed by atoms with Gasteiger partial charge in [-0.25, -0.2) is 4.98 Å². The van der Waals surface area contributed by atoms with Crippen molar-refractivity contribution in [2.24, 2.45) is 0 Å². The van der Waals surface area contributed by atoms with Gasteiger partial charge in [0, 0.05) is 0 Å². The van der Waals surface area contributed by atoms with Gasteiger partial charge in [-0.1, -0.05) is 12.1 Å². The molecule has 7 heteroatoms. The van der Waals surface area contributed by atoms with E-state index in [2.05, 4.69) is 11.9 Å². The molecule has 4 rings (SSSR count). The maximum absolute atomic E-state index is 12.4. The van der Waals surface area contributed by atoms with E-state index in [9.17, 15) is 4.79 Å². The molecule has 7 nitrogen and oxygen atoms in total. The largest absolute Gasteiger partial charge is 0.497 e. The Bertz CT molecular complexity index is 1030. The number of ether oxygens (including phenoxy) is 2. The van der Waals surface area contributed by atoms with Crippen LogP contribution in [-0.4, -0.2) is 56.4 Å². The van der Waals surface area contributed by atoms with Crippen molar-refractivity contribution >= 4 is 10.9 Å². The third-order valence-electron chi connectivity index (χ3n) is 6.04. The number of rotatable bonds is 7. The number of quaternary nitrogens is 2. The van der Waals surface area contributed by atoms with Crippen molar-refractivity contribution in [1.82, 2.24) is 9.97 Å². The smallest absolute Gasteiger partial charge is 0.258 e. The quantitative estimate of drug-likeness (QED) is 0.507. The van der Waals surface area contributed by atoms with Crippen molar-refractivity contribution in [3.8, 4) is 11.5 Å². The van der Waals surface area contributed by atoms with Gasteiger partial charge in [0.2, 0.25) is 0 Å². The van der Waals surface area contributed by atoms with Crippen LogP contribution in [0.3, 0.4) is 0 Å². The summed E-state index contributed by atoms with van der Waals surface area (Å²) in [5, 5.41) is 0.648. The van der Waals surface area contributed by atoms with Gasteiger partial charge in [0.05, 0.1) is 18.0 Å². The van der Waals surface area contributed by atoms with E-state index >= 15 is 0 Å². The fraction of sp³-hybridized carbons (Fsp3) is 0.391. The number of para-hydroxylation sites is 1. The Labute approximate surface area is 176 Å². The molecule has 1 aliphatic rings. The molecule has 3 N–H and O–H groups in total. The van der Waals surface area contributed by atoms with Gasteiger partial charge in [0.15, 0.2) is 5.82 Å². The number of H-pyrrole nitrogens is 1. The lowest BCUT2D eigenvalue weighted by Crippen LogP contribution is -3.28. The maximum Gasteiger partial charge on any atom is 0.258 e. The number of aromatic nitrogens is 2. The highest BCUT2D eigenvalue weighted by Crippen LogP contribution is 2.16. The van der Waals surface area contributed by atoms with Crippen LogP contribution in [0.25, 0.3) is 10.9 Å². The first-order chi connectivity index (χ1) is 14.6. The molecule has 1 aliphatic heterocycles. The summed E-state index contributed by atoms with van der Waals surface area (Å²) in [5.74, 6) is 2.49. The van der Waals surface area contributed by atoms with Crippen LogP contribution in [0.1, 0.15) is 18.8 Å². The zero-order valence-electron chi connectivity index (χ0n) is 17.6. The summed E-state index contributed by atoms with van der Waals surface area (Å²) >= 11 is 0. The predicted octanol–water partition coefficient (Wildman–Crippen LogP) is -0.145.